The van der Waals surface area contributed by atoms with Gasteiger partial charge < -0.3 is 15.2 Å². The van der Waals surface area contributed by atoms with Crippen LogP contribution < -0.4 is 10.5 Å². The van der Waals surface area contributed by atoms with Crippen LogP contribution in [-0.2, 0) is 4.74 Å². The van der Waals surface area contributed by atoms with Crippen molar-refractivity contribution >= 4 is 33.1 Å². The van der Waals surface area contributed by atoms with Gasteiger partial charge in [0.15, 0.2) is 0 Å². The van der Waals surface area contributed by atoms with E-state index in [2.05, 4.69) is 4.74 Å². The normalized spacial score (nSPS) is 10.4. The minimum atomic E-state index is -0.405. The second kappa shape index (κ2) is 4.02. The van der Waals surface area contributed by atoms with Crippen molar-refractivity contribution in [1.29, 1.82) is 0 Å². The zero-order chi connectivity index (χ0) is 11.7. The molecule has 84 valence electrons. The second-order valence-electron chi connectivity index (χ2n) is 3.20. The maximum atomic E-state index is 11.4. The van der Waals surface area contributed by atoms with Crippen molar-refractivity contribution < 1.29 is 14.3 Å². The van der Waals surface area contributed by atoms with Crippen LogP contribution in [-0.4, -0.2) is 20.2 Å². The Hall–Kier alpha value is -1.75. The molecule has 0 fully saturated rings. The number of nitrogen functional groups attached to an aromatic ring is 1. The first-order chi connectivity index (χ1) is 7.67. The van der Waals surface area contributed by atoms with Crippen LogP contribution in [0.5, 0.6) is 5.75 Å². The fourth-order valence-corrected chi connectivity index (χ4v) is 2.54. The largest absolute Gasteiger partial charge is 0.497 e. The molecular weight excluding hydrogens is 226 g/mol. The topological polar surface area (TPSA) is 61.5 Å². The number of ether oxygens (including phenoxy) is 2. The summed E-state index contributed by atoms with van der Waals surface area (Å²) in [5.41, 5.74) is 6.34. The van der Waals surface area contributed by atoms with Gasteiger partial charge in [-0.25, -0.2) is 4.79 Å². The first-order valence-corrected chi connectivity index (χ1v) is 5.43. The third kappa shape index (κ3) is 1.59. The summed E-state index contributed by atoms with van der Waals surface area (Å²) in [5, 5.41) is 0.853. The Kier molecular flexibility index (Phi) is 2.70. The van der Waals surface area contributed by atoms with Gasteiger partial charge in [-0.3, -0.25) is 0 Å². The summed E-state index contributed by atoms with van der Waals surface area (Å²) in [6.07, 6.45) is 0. The molecular formula is C11H11NO3S. The van der Waals surface area contributed by atoms with Crippen LogP contribution in [0.1, 0.15) is 9.67 Å². The van der Waals surface area contributed by atoms with Crippen molar-refractivity contribution in [3.8, 4) is 5.75 Å². The third-order valence-electron chi connectivity index (χ3n) is 2.31. The molecule has 0 unspecified atom stereocenters. The lowest BCUT2D eigenvalue weighted by Gasteiger charge is -1.98. The standard InChI is InChI=1S/C11H11NO3S/c1-14-6-3-4-7-8(5-6)16-10(9(7)12)11(13)15-2/h3-5H,12H2,1-2H3. The molecule has 1 aromatic carbocycles. The average molecular weight is 237 g/mol. The highest BCUT2D eigenvalue weighted by molar-refractivity contribution is 7.21. The predicted octanol–water partition coefficient (Wildman–Crippen LogP) is 2.28. The summed E-state index contributed by atoms with van der Waals surface area (Å²) in [7, 11) is 2.94. The Bertz CT molecular complexity index is 547. The molecule has 0 aliphatic carbocycles. The van der Waals surface area contributed by atoms with Gasteiger partial charge in [0.1, 0.15) is 10.6 Å². The molecule has 0 radical (unpaired) electrons. The van der Waals surface area contributed by atoms with E-state index in [-0.39, 0.29) is 0 Å². The Morgan fingerprint density at radius 1 is 1.38 bits per heavy atom. The minimum Gasteiger partial charge on any atom is -0.497 e. The molecule has 2 N–H and O–H groups in total. The lowest BCUT2D eigenvalue weighted by Crippen LogP contribution is -2.01. The lowest BCUT2D eigenvalue weighted by atomic mass is 10.2. The summed E-state index contributed by atoms with van der Waals surface area (Å²) < 4.78 is 10.7. The summed E-state index contributed by atoms with van der Waals surface area (Å²) in [4.78, 5) is 11.9. The molecule has 0 amide bonds. The van der Waals surface area contributed by atoms with Crippen molar-refractivity contribution in [2.24, 2.45) is 0 Å². The van der Waals surface area contributed by atoms with Crippen molar-refractivity contribution in [2.45, 2.75) is 0 Å². The molecule has 16 heavy (non-hydrogen) atoms. The van der Waals surface area contributed by atoms with E-state index in [9.17, 15) is 4.79 Å². The fraction of sp³-hybridized carbons (Fsp3) is 0.182. The Balaban J connectivity index is 2.63. The zero-order valence-corrected chi connectivity index (χ0v) is 9.76. The molecule has 2 rings (SSSR count). The number of benzene rings is 1. The Morgan fingerprint density at radius 2 is 2.12 bits per heavy atom. The highest BCUT2D eigenvalue weighted by atomic mass is 32.1. The summed E-state index contributed by atoms with van der Waals surface area (Å²) in [6, 6.07) is 5.50. The first kappa shape index (κ1) is 10.8. The molecule has 0 aliphatic rings. The van der Waals surface area contributed by atoms with E-state index in [0.717, 1.165) is 15.8 Å². The van der Waals surface area contributed by atoms with Crippen LogP contribution in [0.3, 0.4) is 0 Å². The van der Waals surface area contributed by atoms with Gasteiger partial charge >= 0.3 is 5.97 Å². The van der Waals surface area contributed by atoms with Crippen LogP contribution in [0.15, 0.2) is 18.2 Å². The lowest BCUT2D eigenvalue weighted by molar-refractivity contribution is 0.0607. The van der Waals surface area contributed by atoms with Gasteiger partial charge in [-0.05, 0) is 18.2 Å². The van der Waals surface area contributed by atoms with E-state index in [4.69, 9.17) is 10.5 Å². The van der Waals surface area contributed by atoms with E-state index < -0.39 is 5.97 Å². The van der Waals surface area contributed by atoms with E-state index in [0.29, 0.717) is 10.6 Å². The van der Waals surface area contributed by atoms with Crippen LogP contribution in [0, 0.1) is 0 Å². The number of hydrogen-bond donors (Lipinski definition) is 1. The quantitative estimate of drug-likeness (QED) is 0.814. The Labute approximate surface area is 96.6 Å². The number of carbonyl (C=O) groups excluding carboxylic acids is 1. The van der Waals surface area contributed by atoms with Crippen molar-refractivity contribution in [3.05, 3.63) is 23.1 Å². The highest BCUT2D eigenvalue weighted by Crippen LogP contribution is 2.35. The third-order valence-corrected chi connectivity index (χ3v) is 3.45. The molecule has 1 aromatic heterocycles. The molecule has 0 atom stereocenters. The molecule has 0 saturated heterocycles. The maximum absolute atomic E-state index is 11.4. The van der Waals surface area contributed by atoms with Gasteiger partial charge in [0.2, 0.25) is 0 Å². The van der Waals surface area contributed by atoms with Gasteiger partial charge in [0.05, 0.1) is 19.9 Å². The summed E-state index contributed by atoms with van der Waals surface area (Å²) >= 11 is 1.31. The summed E-state index contributed by atoms with van der Waals surface area (Å²) in [6.45, 7) is 0. The number of methoxy groups -OCH3 is 2. The van der Waals surface area contributed by atoms with Gasteiger partial charge in [-0.2, -0.15) is 0 Å². The Morgan fingerprint density at radius 3 is 2.75 bits per heavy atom. The van der Waals surface area contributed by atoms with Crippen LogP contribution >= 0.6 is 11.3 Å². The number of carbonyl (C=O) groups is 1. The predicted molar refractivity (Wildman–Crippen MR) is 64.1 cm³/mol. The molecule has 0 saturated carbocycles. The van der Waals surface area contributed by atoms with Gasteiger partial charge in [-0.1, -0.05) is 0 Å². The van der Waals surface area contributed by atoms with Gasteiger partial charge in [0, 0.05) is 10.1 Å². The molecule has 0 spiro atoms. The molecule has 0 aliphatic heterocycles. The molecule has 2 aromatic rings. The molecule has 5 heteroatoms. The number of anilines is 1. The number of fused-ring (bicyclic) bond motifs is 1. The van der Waals surface area contributed by atoms with Crippen LogP contribution in [0.25, 0.3) is 10.1 Å². The van der Waals surface area contributed by atoms with Crippen LogP contribution in [0.4, 0.5) is 5.69 Å². The maximum Gasteiger partial charge on any atom is 0.350 e. The molecule has 4 nitrogen and oxygen atoms in total. The highest BCUT2D eigenvalue weighted by Gasteiger charge is 2.16. The van der Waals surface area contributed by atoms with Crippen molar-refractivity contribution in [2.75, 3.05) is 20.0 Å². The number of hydrogen-bond acceptors (Lipinski definition) is 5. The van der Waals surface area contributed by atoms with E-state index in [1.54, 1.807) is 7.11 Å². The number of rotatable bonds is 2. The van der Waals surface area contributed by atoms with E-state index >= 15 is 0 Å². The minimum absolute atomic E-state index is 0.405. The SMILES string of the molecule is COC(=O)c1sc2cc(OC)ccc2c1N. The first-order valence-electron chi connectivity index (χ1n) is 4.61. The summed E-state index contributed by atoms with van der Waals surface area (Å²) in [5.74, 6) is 0.336. The van der Waals surface area contributed by atoms with Crippen molar-refractivity contribution in [3.63, 3.8) is 0 Å². The van der Waals surface area contributed by atoms with Crippen LogP contribution in [0.2, 0.25) is 0 Å². The average Bonchev–Trinajstić information content (AvgIpc) is 2.65. The fourth-order valence-electron chi connectivity index (χ4n) is 1.47. The van der Waals surface area contributed by atoms with E-state index in [1.165, 1.54) is 18.4 Å². The number of nitrogens with two attached hydrogens (primary N) is 1. The van der Waals surface area contributed by atoms with E-state index in [1.807, 2.05) is 18.2 Å². The number of esters is 1. The van der Waals surface area contributed by atoms with Gasteiger partial charge in [0.25, 0.3) is 0 Å². The molecule has 0 bridgehead atoms. The monoisotopic (exact) mass is 237 g/mol. The molecule has 1 heterocycles. The van der Waals surface area contributed by atoms with Gasteiger partial charge in [-0.15, -0.1) is 11.3 Å². The van der Waals surface area contributed by atoms with Crippen molar-refractivity contribution in [1.82, 2.24) is 0 Å². The number of thiophene rings is 1. The smallest absolute Gasteiger partial charge is 0.350 e. The second-order valence-corrected chi connectivity index (χ2v) is 4.25. The zero-order valence-electron chi connectivity index (χ0n) is 8.94.